The minimum Gasteiger partial charge on any atom is -0.385 e. The Morgan fingerprint density at radius 3 is 2.52 bits per heavy atom. The Kier molecular flexibility index (Phi) is 8.90. The average molecular weight is 324 g/mol. The van der Waals surface area contributed by atoms with Crippen LogP contribution in [0.15, 0.2) is 24.3 Å². The summed E-state index contributed by atoms with van der Waals surface area (Å²) in [6, 6.07) is 6.22. The second-order valence-electron chi connectivity index (χ2n) is 5.33. The molecule has 0 heterocycles. The Hall–Kier alpha value is -1.95. The number of carbonyl (C=O) groups excluding carboxylic acids is 2. The second kappa shape index (κ2) is 10.7. The standard InChI is InChI=1S/C17H25FN2O3/c1-14(21)20(11-8-15-4-6-16(18)7-5-15)12-9-17(22)19-10-3-13-23-2/h4-7H,3,8-13H2,1-2H3,(H,19,22). The molecule has 1 rings (SSSR count). The predicted molar refractivity (Wildman–Crippen MR) is 86.5 cm³/mol. The van der Waals surface area contributed by atoms with E-state index in [1.807, 2.05) is 0 Å². The maximum Gasteiger partial charge on any atom is 0.221 e. The van der Waals surface area contributed by atoms with Gasteiger partial charge in [0.1, 0.15) is 5.82 Å². The zero-order valence-electron chi connectivity index (χ0n) is 13.8. The molecular formula is C17H25FN2O3. The van der Waals surface area contributed by atoms with Crippen molar-refractivity contribution in [3.05, 3.63) is 35.6 Å². The van der Waals surface area contributed by atoms with Crippen LogP contribution in [0.1, 0.15) is 25.3 Å². The van der Waals surface area contributed by atoms with E-state index in [-0.39, 0.29) is 24.1 Å². The maximum atomic E-state index is 12.9. The molecule has 0 saturated heterocycles. The number of nitrogens with one attached hydrogen (secondary N) is 1. The topological polar surface area (TPSA) is 58.6 Å². The van der Waals surface area contributed by atoms with Crippen molar-refractivity contribution in [1.82, 2.24) is 10.2 Å². The molecule has 5 nitrogen and oxygen atoms in total. The highest BCUT2D eigenvalue weighted by Gasteiger charge is 2.11. The Labute approximate surface area is 136 Å². The van der Waals surface area contributed by atoms with E-state index in [0.717, 1.165) is 12.0 Å². The summed E-state index contributed by atoms with van der Waals surface area (Å²) in [5.74, 6) is -0.421. The van der Waals surface area contributed by atoms with E-state index >= 15 is 0 Å². The van der Waals surface area contributed by atoms with E-state index < -0.39 is 0 Å². The summed E-state index contributed by atoms with van der Waals surface area (Å²) in [5, 5.41) is 2.79. The van der Waals surface area contributed by atoms with Crippen LogP contribution in [0, 0.1) is 5.82 Å². The summed E-state index contributed by atoms with van der Waals surface area (Å²) in [7, 11) is 1.62. The molecule has 23 heavy (non-hydrogen) atoms. The molecule has 0 spiro atoms. The van der Waals surface area contributed by atoms with Crippen molar-refractivity contribution in [3.63, 3.8) is 0 Å². The lowest BCUT2D eigenvalue weighted by molar-refractivity contribution is -0.129. The summed E-state index contributed by atoms with van der Waals surface area (Å²) < 4.78 is 17.8. The van der Waals surface area contributed by atoms with Crippen molar-refractivity contribution >= 4 is 11.8 Å². The fourth-order valence-corrected chi connectivity index (χ4v) is 2.11. The van der Waals surface area contributed by atoms with Gasteiger partial charge in [0.25, 0.3) is 0 Å². The van der Waals surface area contributed by atoms with Crippen LogP contribution in [0.2, 0.25) is 0 Å². The molecule has 128 valence electrons. The van der Waals surface area contributed by atoms with Gasteiger partial charge < -0.3 is 15.0 Å². The minimum atomic E-state index is -0.276. The van der Waals surface area contributed by atoms with Gasteiger partial charge in [-0.2, -0.15) is 0 Å². The largest absolute Gasteiger partial charge is 0.385 e. The van der Waals surface area contributed by atoms with Crippen LogP contribution in [0.3, 0.4) is 0 Å². The zero-order valence-corrected chi connectivity index (χ0v) is 13.8. The number of benzene rings is 1. The highest BCUT2D eigenvalue weighted by Crippen LogP contribution is 2.05. The molecule has 0 aliphatic heterocycles. The predicted octanol–water partition coefficient (Wildman–Crippen LogP) is 1.76. The van der Waals surface area contributed by atoms with Crippen LogP contribution >= 0.6 is 0 Å². The summed E-state index contributed by atoms with van der Waals surface area (Å²) in [6.45, 7) is 3.56. The van der Waals surface area contributed by atoms with E-state index in [2.05, 4.69) is 5.32 Å². The van der Waals surface area contributed by atoms with Crippen molar-refractivity contribution in [3.8, 4) is 0 Å². The fraction of sp³-hybridized carbons (Fsp3) is 0.529. The summed E-state index contributed by atoms with van der Waals surface area (Å²) in [6.07, 6.45) is 1.68. The first kappa shape index (κ1) is 19.1. The number of ether oxygens (including phenoxy) is 1. The van der Waals surface area contributed by atoms with Crippen LogP contribution in [0.5, 0.6) is 0 Å². The molecule has 0 unspecified atom stereocenters. The zero-order chi connectivity index (χ0) is 17.1. The molecule has 0 aliphatic rings. The van der Waals surface area contributed by atoms with E-state index in [4.69, 9.17) is 4.74 Å². The minimum absolute atomic E-state index is 0.0701. The van der Waals surface area contributed by atoms with Gasteiger partial charge in [0.2, 0.25) is 11.8 Å². The third-order valence-electron chi connectivity index (χ3n) is 3.49. The molecule has 1 N–H and O–H groups in total. The number of hydrogen-bond acceptors (Lipinski definition) is 3. The van der Waals surface area contributed by atoms with Crippen LogP contribution in [0.25, 0.3) is 0 Å². The number of carbonyl (C=O) groups is 2. The van der Waals surface area contributed by atoms with Gasteiger partial charge in [0, 0.05) is 46.7 Å². The Bertz CT molecular complexity index is 491. The summed E-state index contributed by atoms with van der Waals surface area (Å²) >= 11 is 0. The van der Waals surface area contributed by atoms with Crippen LogP contribution in [-0.4, -0.2) is 50.1 Å². The number of methoxy groups -OCH3 is 1. The Balaban J connectivity index is 2.33. The third kappa shape index (κ3) is 8.30. The maximum absolute atomic E-state index is 12.9. The van der Waals surface area contributed by atoms with Crippen molar-refractivity contribution in [2.75, 3.05) is 33.4 Å². The first-order chi connectivity index (χ1) is 11.0. The fourth-order valence-electron chi connectivity index (χ4n) is 2.11. The molecular weight excluding hydrogens is 299 g/mol. The van der Waals surface area contributed by atoms with E-state index in [1.165, 1.54) is 19.1 Å². The molecule has 0 fully saturated rings. The number of hydrogen-bond donors (Lipinski definition) is 1. The molecule has 1 aromatic carbocycles. The van der Waals surface area contributed by atoms with Crippen LogP contribution in [0.4, 0.5) is 4.39 Å². The number of halogens is 1. The molecule has 0 bridgehead atoms. The molecule has 2 amide bonds. The Morgan fingerprint density at radius 2 is 1.91 bits per heavy atom. The van der Waals surface area contributed by atoms with Gasteiger partial charge in [-0.3, -0.25) is 9.59 Å². The van der Waals surface area contributed by atoms with Crippen molar-refractivity contribution in [2.24, 2.45) is 0 Å². The summed E-state index contributed by atoms with van der Waals surface area (Å²) in [4.78, 5) is 25.0. The van der Waals surface area contributed by atoms with Crippen molar-refractivity contribution < 1.29 is 18.7 Å². The van der Waals surface area contributed by atoms with E-state index in [0.29, 0.717) is 32.7 Å². The molecule has 6 heteroatoms. The number of nitrogens with zero attached hydrogens (tertiary/aromatic N) is 1. The van der Waals surface area contributed by atoms with Gasteiger partial charge in [-0.15, -0.1) is 0 Å². The lowest BCUT2D eigenvalue weighted by atomic mass is 10.1. The Morgan fingerprint density at radius 1 is 1.22 bits per heavy atom. The normalized spacial score (nSPS) is 10.4. The van der Waals surface area contributed by atoms with E-state index in [1.54, 1.807) is 24.1 Å². The van der Waals surface area contributed by atoms with Gasteiger partial charge in [-0.25, -0.2) is 4.39 Å². The van der Waals surface area contributed by atoms with Crippen molar-refractivity contribution in [2.45, 2.75) is 26.2 Å². The van der Waals surface area contributed by atoms with Gasteiger partial charge >= 0.3 is 0 Å². The van der Waals surface area contributed by atoms with Gasteiger partial charge in [-0.05, 0) is 30.5 Å². The molecule has 0 radical (unpaired) electrons. The van der Waals surface area contributed by atoms with Gasteiger partial charge in [0.05, 0.1) is 0 Å². The van der Waals surface area contributed by atoms with Gasteiger partial charge in [-0.1, -0.05) is 12.1 Å². The monoisotopic (exact) mass is 324 g/mol. The lowest BCUT2D eigenvalue weighted by Gasteiger charge is -2.21. The van der Waals surface area contributed by atoms with Gasteiger partial charge in [0.15, 0.2) is 0 Å². The molecule has 1 aromatic rings. The molecule has 0 atom stereocenters. The molecule has 0 aromatic heterocycles. The second-order valence-corrected chi connectivity index (χ2v) is 5.33. The molecule has 0 saturated carbocycles. The first-order valence-electron chi connectivity index (χ1n) is 7.78. The van der Waals surface area contributed by atoms with Crippen LogP contribution < -0.4 is 5.32 Å². The number of rotatable bonds is 10. The average Bonchev–Trinajstić information content (AvgIpc) is 2.53. The highest BCUT2D eigenvalue weighted by atomic mass is 19.1. The van der Waals surface area contributed by atoms with Crippen molar-refractivity contribution in [1.29, 1.82) is 0 Å². The highest BCUT2D eigenvalue weighted by molar-refractivity contribution is 5.77. The summed E-state index contributed by atoms with van der Waals surface area (Å²) in [5.41, 5.74) is 0.960. The van der Waals surface area contributed by atoms with Crippen LogP contribution in [-0.2, 0) is 20.7 Å². The third-order valence-corrected chi connectivity index (χ3v) is 3.49. The number of amides is 2. The first-order valence-corrected chi connectivity index (χ1v) is 7.78. The lowest BCUT2D eigenvalue weighted by Crippen LogP contribution is -2.35. The quantitative estimate of drug-likeness (QED) is 0.667. The SMILES string of the molecule is COCCCNC(=O)CCN(CCc1ccc(F)cc1)C(C)=O. The smallest absolute Gasteiger partial charge is 0.221 e. The van der Waals surface area contributed by atoms with E-state index in [9.17, 15) is 14.0 Å². The molecule has 0 aliphatic carbocycles.